The van der Waals surface area contributed by atoms with Gasteiger partial charge < -0.3 is 0 Å². The molecule has 0 aliphatic rings. The van der Waals surface area contributed by atoms with Crippen LogP contribution in [0.5, 0.6) is 0 Å². The molecule has 0 saturated carbocycles. The number of hydrogen-bond acceptors (Lipinski definition) is 2. The molecule has 0 aliphatic heterocycles. The number of unbranched alkanes of at least 4 members (excludes halogenated alkanes) is 44. The van der Waals surface area contributed by atoms with E-state index >= 15 is 0 Å². The first-order chi connectivity index (χ1) is 35.5. The lowest BCUT2D eigenvalue weighted by atomic mass is 9.89. The predicted octanol–water partition coefficient (Wildman–Crippen LogP) is 27.7. The lowest BCUT2D eigenvalue weighted by Crippen LogP contribution is -2.01. The molecule has 0 spiro atoms. The molecule has 0 aromatic carbocycles. The highest BCUT2D eigenvalue weighted by atomic mass is 79.9. The Morgan fingerprint density at radius 2 is 0.500 bits per heavy atom. The molecule has 0 amide bonds. The van der Waals surface area contributed by atoms with E-state index in [4.69, 9.17) is 0 Å². The van der Waals surface area contributed by atoms with Gasteiger partial charge >= 0.3 is 0 Å². The summed E-state index contributed by atoms with van der Waals surface area (Å²) in [6.07, 6.45) is 77.1. The second-order valence-corrected chi connectivity index (χ2v) is 28.3. The largest absolute Gasteiger partial charge is 0.133 e. The summed E-state index contributed by atoms with van der Waals surface area (Å²) in [5.74, 6) is 1.43. The van der Waals surface area contributed by atoms with Gasteiger partial charge in [-0.25, -0.2) is 0 Å². The van der Waals surface area contributed by atoms with Crippen molar-refractivity contribution in [2.45, 2.75) is 386 Å². The molecule has 0 saturated heterocycles. The zero-order chi connectivity index (χ0) is 51.6. The molecule has 2 aromatic rings. The van der Waals surface area contributed by atoms with Crippen molar-refractivity contribution in [2.24, 2.45) is 0 Å². The summed E-state index contributed by atoms with van der Waals surface area (Å²) in [4.78, 5) is 3.33. The highest BCUT2D eigenvalue weighted by Gasteiger charge is 2.20. The van der Waals surface area contributed by atoms with Crippen molar-refractivity contribution in [2.75, 3.05) is 0 Å². The monoisotopic (exact) mass is 1160 g/mol. The fraction of sp³-hybridized carbons (Fsp3) is 0.882. The second-order valence-electron chi connectivity index (χ2n) is 23.5. The third-order valence-electron chi connectivity index (χ3n) is 16.7. The summed E-state index contributed by atoms with van der Waals surface area (Å²) in [7, 11) is 0. The third-order valence-corrected chi connectivity index (χ3v) is 21.0. The molecule has 0 fully saturated rings. The van der Waals surface area contributed by atoms with E-state index in [0.29, 0.717) is 5.92 Å². The molecule has 0 aliphatic carbocycles. The minimum atomic E-state index is 0.707. The van der Waals surface area contributed by atoms with Crippen LogP contribution in [-0.4, -0.2) is 0 Å². The Hall–Kier alpha value is 0.360. The van der Waals surface area contributed by atoms with Gasteiger partial charge in [-0.05, 0) is 118 Å². The van der Waals surface area contributed by atoms with Crippen LogP contribution in [-0.2, 0) is 12.8 Å². The van der Waals surface area contributed by atoms with Crippen molar-refractivity contribution in [3.8, 4) is 0 Å². The Bertz CT molecular complexity index is 1390. The highest BCUT2D eigenvalue weighted by Crippen LogP contribution is 2.41. The Morgan fingerprint density at radius 3 is 0.778 bits per heavy atom. The van der Waals surface area contributed by atoms with Crippen molar-refractivity contribution in [1.29, 1.82) is 0 Å². The first kappa shape index (κ1) is 68.5. The zero-order valence-corrected chi connectivity index (χ0v) is 53.9. The van der Waals surface area contributed by atoms with E-state index in [1.807, 2.05) is 0 Å². The molecule has 0 bridgehead atoms. The van der Waals surface area contributed by atoms with Crippen LogP contribution in [0.1, 0.15) is 394 Å². The maximum atomic E-state index is 4.09. The summed E-state index contributed by atoms with van der Waals surface area (Å²) in [5.41, 5.74) is 3.19. The van der Waals surface area contributed by atoms with Gasteiger partial charge in [0.15, 0.2) is 0 Å². The maximum Gasteiger partial charge on any atom is 0.0733 e. The van der Waals surface area contributed by atoms with Gasteiger partial charge in [0.05, 0.1) is 7.57 Å². The summed E-state index contributed by atoms with van der Waals surface area (Å²) >= 11 is 12.3. The smallest absolute Gasteiger partial charge is 0.0733 e. The predicted molar refractivity (Wildman–Crippen MR) is 340 cm³/mol. The number of thiophene rings is 2. The van der Waals surface area contributed by atoms with Gasteiger partial charge in [-0.15, -0.1) is 22.7 Å². The van der Waals surface area contributed by atoms with Crippen LogP contribution >= 0.6 is 54.5 Å². The second kappa shape index (κ2) is 52.1. The van der Waals surface area contributed by atoms with Gasteiger partial charge in [0.2, 0.25) is 0 Å². The van der Waals surface area contributed by atoms with Gasteiger partial charge in [0.1, 0.15) is 0 Å². The first-order valence-corrected chi connectivity index (χ1v) is 36.3. The molecule has 4 heteroatoms. The van der Waals surface area contributed by atoms with Crippen LogP contribution in [0, 0.1) is 0 Å². The molecular formula is C68H124Br2S2. The molecule has 2 rings (SSSR count). The summed E-state index contributed by atoms with van der Waals surface area (Å²) in [6, 6.07) is 5.27. The average Bonchev–Trinajstić information content (AvgIpc) is 3.95. The van der Waals surface area contributed by atoms with Crippen molar-refractivity contribution in [3.63, 3.8) is 0 Å². The minimum absolute atomic E-state index is 0.707. The van der Waals surface area contributed by atoms with Gasteiger partial charge in [-0.1, -0.05) is 323 Å². The molecule has 72 heavy (non-hydrogen) atoms. The van der Waals surface area contributed by atoms with Crippen LogP contribution in [0.3, 0.4) is 0 Å². The van der Waals surface area contributed by atoms with Crippen molar-refractivity contribution in [3.05, 3.63) is 40.6 Å². The van der Waals surface area contributed by atoms with Crippen LogP contribution in [0.2, 0.25) is 0 Å². The number of rotatable bonds is 57. The van der Waals surface area contributed by atoms with E-state index in [1.54, 1.807) is 20.9 Å². The number of hydrogen-bond donors (Lipinski definition) is 0. The molecule has 2 unspecified atom stereocenters. The van der Waals surface area contributed by atoms with Crippen LogP contribution in [0.15, 0.2) is 19.7 Å². The standard InChI is InChI=1S/C68H124Br2S2/c1-5-9-12-15-18-21-24-26-28-30-32-34-36-39-42-45-48-51-55-63-59-65(71-67(63)69)61(8-4)57-53-58-62(54-50-47-44-41-38-23-20-17-14-11-7-3)66-60-64(68(70)72-66)56-52-49-46-43-40-37-35-33-31-29-27-25-22-19-16-13-10-6-2/h59-62H,5-58H2,1-4H3. The quantitative estimate of drug-likeness (QED) is 0.0579. The maximum absolute atomic E-state index is 4.09. The van der Waals surface area contributed by atoms with Gasteiger partial charge in [0.25, 0.3) is 0 Å². The minimum Gasteiger partial charge on any atom is -0.133 e. The zero-order valence-electron chi connectivity index (χ0n) is 49.1. The molecule has 422 valence electrons. The van der Waals surface area contributed by atoms with Crippen molar-refractivity contribution >= 4 is 54.5 Å². The molecule has 2 atom stereocenters. The van der Waals surface area contributed by atoms with Gasteiger partial charge in [-0.2, -0.15) is 0 Å². The fourth-order valence-corrected chi connectivity index (χ4v) is 15.7. The summed E-state index contributed by atoms with van der Waals surface area (Å²) in [6.45, 7) is 9.41. The molecule has 2 heterocycles. The van der Waals surface area contributed by atoms with E-state index in [-0.39, 0.29) is 0 Å². The lowest BCUT2D eigenvalue weighted by Gasteiger charge is -2.18. The highest BCUT2D eigenvalue weighted by molar-refractivity contribution is 9.11. The topological polar surface area (TPSA) is 0 Å². The molecule has 2 aromatic heterocycles. The summed E-state index contributed by atoms with van der Waals surface area (Å²) in [5, 5.41) is 0. The lowest BCUT2D eigenvalue weighted by molar-refractivity contribution is 0.478. The van der Waals surface area contributed by atoms with E-state index in [1.165, 1.54) is 354 Å². The van der Waals surface area contributed by atoms with Crippen LogP contribution < -0.4 is 0 Å². The normalized spacial score (nSPS) is 12.7. The Kier molecular flexibility index (Phi) is 49.5. The van der Waals surface area contributed by atoms with Crippen molar-refractivity contribution in [1.82, 2.24) is 0 Å². The van der Waals surface area contributed by atoms with Gasteiger partial charge in [0, 0.05) is 9.75 Å². The van der Waals surface area contributed by atoms with Crippen LogP contribution in [0.25, 0.3) is 0 Å². The summed E-state index contributed by atoms with van der Waals surface area (Å²) < 4.78 is 2.86. The first-order valence-electron chi connectivity index (χ1n) is 33.1. The Morgan fingerprint density at radius 1 is 0.278 bits per heavy atom. The van der Waals surface area contributed by atoms with E-state index < -0.39 is 0 Å². The van der Waals surface area contributed by atoms with E-state index in [0.717, 1.165) is 5.92 Å². The third kappa shape index (κ3) is 38.8. The van der Waals surface area contributed by atoms with Crippen molar-refractivity contribution < 1.29 is 0 Å². The Labute approximate surface area is 477 Å². The van der Waals surface area contributed by atoms with E-state index in [9.17, 15) is 0 Å². The number of halogens is 2. The fourth-order valence-electron chi connectivity index (χ4n) is 11.7. The number of aryl methyl sites for hydroxylation is 2. The van der Waals surface area contributed by atoms with E-state index in [2.05, 4.69) is 94.4 Å². The Balaban J connectivity index is 1.70. The SMILES string of the molecule is CCCCCCCCCCCCCCCCCCCCc1cc(C(CC)CCCC(CCCCCCCCCCCCC)c2cc(CCCCCCCCCCCCCCCCCCCC)c(Br)s2)sc1Br. The molecule has 0 nitrogen and oxygen atoms in total. The molecule has 0 N–H and O–H groups in total. The van der Waals surface area contributed by atoms with Gasteiger partial charge in [-0.3, -0.25) is 0 Å². The average molecular weight is 1170 g/mol. The molecule has 0 radical (unpaired) electrons. The molecular weight excluding hydrogens is 1040 g/mol. The van der Waals surface area contributed by atoms with Crippen LogP contribution in [0.4, 0.5) is 0 Å².